The molecule has 2 rings (SSSR count). The van der Waals surface area contributed by atoms with Crippen LogP contribution in [0.15, 0.2) is 22.9 Å². The third-order valence-electron chi connectivity index (χ3n) is 3.50. The van der Waals surface area contributed by atoms with Crippen molar-refractivity contribution in [1.29, 1.82) is 0 Å². The Bertz CT molecular complexity index is 442. The Morgan fingerprint density at radius 1 is 1.47 bits per heavy atom. The lowest BCUT2D eigenvalue weighted by Gasteiger charge is -2.33. The van der Waals surface area contributed by atoms with Crippen LogP contribution in [0, 0.1) is 5.92 Å². The van der Waals surface area contributed by atoms with Crippen LogP contribution in [0.4, 0.5) is 0 Å². The molecule has 1 aliphatic heterocycles. The molecule has 0 unspecified atom stereocenters. The average Bonchev–Trinajstić information content (AvgIpc) is 2.38. The van der Waals surface area contributed by atoms with E-state index in [2.05, 4.69) is 39.9 Å². The van der Waals surface area contributed by atoms with Crippen molar-refractivity contribution < 1.29 is 4.79 Å². The second kappa shape index (κ2) is 6.48. The van der Waals surface area contributed by atoms with Gasteiger partial charge < -0.3 is 9.80 Å². The second-order valence-electron chi connectivity index (χ2n) is 5.37. The number of likely N-dealkylation sites (tertiary alicyclic amines) is 1. The monoisotopic (exact) mass is 325 g/mol. The van der Waals surface area contributed by atoms with E-state index in [4.69, 9.17) is 0 Å². The van der Waals surface area contributed by atoms with Crippen molar-refractivity contribution in [3.8, 4) is 0 Å². The molecular formula is C14H20BrN3O. The third-order valence-corrected chi connectivity index (χ3v) is 3.93. The van der Waals surface area contributed by atoms with Gasteiger partial charge in [-0.15, -0.1) is 0 Å². The minimum absolute atomic E-state index is 0.117. The van der Waals surface area contributed by atoms with E-state index in [-0.39, 0.29) is 5.91 Å². The van der Waals surface area contributed by atoms with Crippen LogP contribution in [0.5, 0.6) is 0 Å². The summed E-state index contributed by atoms with van der Waals surface area (Å²) in [6, 6.07) is 3.56. The molecule has 0 atom stereocenters. The van der Waals surface area contributed by atoms with Gasteiger partial charge in [0.05, 0.1) is 0 Å². The molecule has 4 nitrogen and oxygen atoms in total. The minimum Gasteiger partial charge on any atom is -0.339 e. The Morgan fingerprint density at radius 3 is 2.74 bits per heavy atom. The molecule has 0 aromatic carbocycles. The van der Waals surface area contributed by atoms with Gasteiger partial charge in [-0.1, -0.05) is 0 Å². The summed E-state index contributed by atoms with van der Waals surface area (Å²) in [6.07, 6.45) is 3.85. The smallest absolute Gasteiger partial charge is 0.254 e. The molecule has 1 aromatic heterocycles. The lowest BCUT2D eigenvalue weighted by molar-refractivity contribution is 0.0678. The van der Waals surface area contributed by atoms with E-state index in [9.17, 15) is 4.79 Å². The molecule has 0 saturated carbocycles. The van der Waals surface area contributed by atoms with Crippen molar-refractivity contribution in [3.05, 3.63) is 28.5 Å². The molecule has 0 N–H and O–H groups in total. The van der Waals surface area contributed by atoms with E-state index in [0.717, 1.165) is 32.5 Å². The van der Waals surface area contributed by atoms with Crippen LogP contribution in [0.3, 0.4) is 0 Å². The predicted octanol–water partition coefficient (Wildman–Crippen LogP) is 2.26. The molecule has 2 heterocycles. The molecular weight excluding hydrogens is 306 g/mol. The zero-order valence-electron chi connectivity index (χ0n) is 11.5. The maximum absolute atomic E-state index is 12.3. The van der Waals surface area contributed by atoms with Crippen LogP contribution in [0.1, 0.15) is 23.2 Å². The van der Waals surface area contributed by atoms with Gasteiger partial charge in [0.1, 0.15) is 4.60 Å². The SMILES string of the molecule is CN(C)CC1CCN(C(=O)c2ccnc(Br)c2)CC1. The molecule has 0 aliphatic carbocycles. The Hall–Kier alpha value is -0.940. The lowest BCUT2D eigenvalue weighted by atomic mass is 9.96. The summed E-state index contributed by atoms with van der Waals surface area (Å²) < 4.78 is 0.709. The first-order chi connectivity index (χ1) is 9.06. The fourth-order valence-electron chi connectivity index (χ4n) is 2.55. The van der Waals surface area contributed by atoms with Crippen molar-refractivity contribution in [2.45, 2.75) is 12.8 Å². The first-order valence-corrected chi connectivity index (χ1v) is 7.41. The number of hydrogen-bond acceptors (Lipinski definition) is 3. The summed E-state index contributed by atoms with van der Waals surface area (Å²) in [5, 5.41) is 0. The number of piperidine rings is 1. The topological polar surface area (TPSA) is 36.4 Å². The van der Waals surface area contributed by atoms with Crippen molar-refractivity contribution in [1.82, 2.24) is 14.8 Å². The number of carbonyl (C=O) groups is 1. The van der Waals surface area contributed by atoms with Crippen molar-refractivity contribution in [3.63, 3.8) is 0 Å². The minimum atomic E-state index is 0.117. The van der Waals surface area contributed by atoms with Gasteiger partial charge in [0.2, 0.25) is 0 Å². The van der Waals surface area contributed by atoms with Crippen LogP contribution in [-0.2, 0) is 0 Å². The van der Waals surface area contributed by atoms with Crippen LogP contribution >= 0.6 is 15.9 Å². The zero-order chi connectivity index (χ0) is 13.8. The lowest BCUT2D eigenvalue weighted by Crippen LogP contribution is -2.40. The molecule has 1 aliphatic rings. The average molecular weight is 326 g/mol. The maximum Gasteiger partial charge on any atom is 0.254 e. The van der Waals surface area contributed by atoms with Gasteiger partial charge in [-0.3, -0.25) is 4.79 Å². The molecule has 1 fully saturated rings. The maximum atomic E-state index is 12.3. The highest BCUT2D eigenvalue weighted by molar-refractivity contribution is 9.10. The highest BCUT2D eigenvalue weighted by atomic mass is 79.9. The van der Waals surface area contributed by atoms with Gasteiger partial charge in [0.15, 0.2) is 0 Å². The Morgan fingerprint density at radius 2 is 2.16 bits per heavy atom. The summed E-state index contributed by atoms with van der Waals surface area (Å²) in [6.45, 7) is 2.83. The molecule has 5 heteroatoms. The highest BCUT2D eigenvalue weighted by Gasteiger charge is 2.23. The van der Waals surface area contributed by atoms with Gasteiger partial charge in [-0.05, 0) is 60.9 Å². The molecule has 0 bridgehead atoms. The molecule has 0 spiro atoms. The standard InChI is InChI=1S/C14H20BrN3O/c1-17(2)10-11-4-7-18(8-5-11)14(19)12-3-6-16-13(15)9-12/h3,6,9,11H,4-5,7-8,10H2,1-2H3. The van der Waals surface area contributed by atoms with Gasteiger partial charge in [-0.25, -0.2) is 4.98 Å². The molecule has 1 saturated heterocycles. The van der Waals surface area contributed by atoms with E-state index in [1.54, 1.807) is 18.3 Å². The third kappa shape index (κ3) is 4.01. The van der Waals surface area contributed by atoms with Crippen LogP contribution in [0.2, 0.25) is 0 Å². The van der Waals surface area contributed by atoms with Gasteiger partial charge in [0.25, 0.3) is 5.91 Å². The highest BCUT2D eigenvalue weighted by Crippen LogP contribution is 2.20. The zero-order valence-corrected chi connectivity index (χ0v) is 13.1. The Labute approximate surface area is 122 Å². The number of halogens is 1. The number of rotatable bonds is 3. The summed E-state index contributed by atoms with van der Waals surface area (Å²) in [5.74, 6) is 0.828. The van der Waals surface area contributed by atoms with Gasteiger partial charge in [0, 0.05) is 31.4 Å². The molecule has 1 amide bonds. The number of hydrogen-bond donors (Lipinski definition) is 0. The Balaban J connectivity index is 1.92. The van der Waals surface area contributed by atoms with Crippen LogP contribution in [0.25, 0.3) is 0 Å². The van der Waals surface area contributed by atoms with Crippen molar-refractivity contribution in [2.24, 2.45) is 5.92 Å². The summed E-state index contributed by atoms with van der Waals surface area (Å²) >= 11 is 3.30. The first-order valence-electron chi connectivity index (χ1n) is 6.62. The normalized spacial score (nSPS) is 16.9. The van der Waals surface area contributed by atoms with Crippen LogP contribution < -0.4 is 0 Å². The fourth-order valence-corrected chi connectivity index (χ4v) is 2.92. The second-order valence-corrected chi connectivity index (χ2v) is 6.18. The number of carbonyl (C=O) groups excluding carboxylic acids is 1. The molecule has 104 valence electrons. The number of aromatic nitrogens is 1. The van der Waals surface area contributed by atoms with Crippen LogP contribution in [-0.4, -0.2) is 54.4 Å². The summed E-state index contributed by atoms with van der Waals surface area (Å²) in [5.41, 5.74) is 0.716. The summed E-state index contributed by atoms with van der Waals surface area (Å²) in [4.78, 5) is 20.6. The first kappa shape index (κ1) is 14.5. The van der Waals surface area contributed by atoms with E-state index in [1.807, 2.05) is 4.90 Å². The van der Waals surface area contributed by atoms with E-state index in [1.165, 1.54) is 0 Å². The predicted molar refractivity (Wildman–Crippen MR) is 79.1 cm³/mol. The molecule has 19 heavy (non-hydrogen) atoms. The van der Waals surface area contributed by atoms with Crippen molar-refractivity contribution >= 4 is 21.8 Å². The van der Waals surface area contributed by atoms with E-state index >= 15 is 0 Å². The quantitative estimate of drug-likeness (QED) is 0.800. The largest absolute Gasteiger partial charge is 0.339 e. The number of nitrogens with zero attached hydrogens (tertiary/aromatic N) is 3. The number of amides is 1. The molecule has 0 radical (unpaired) electrons. The van der Waals surface area contributed by atoms with Crippen molar-refractivity contribution in [2.75, 3.05) is 33.7 Å². The van der Waals surface area contributed by atoms with Gasteiger partial charge in [-0.2, -0.15) is 0 Å². The van der Waals surface area contributed by atoms with Gasteiger partial charge >= 0.3 is 0 Å². The Kier molecular flexibility index (Phi) is 4.93. The van der Waals surface area contributed by atoms with E-state index < -0.39 is 0 Å². The summed E-state index contributed by atoms with van der Waals surface area (Å²) in [7, 11) is 4.21. The van der Waals surface area contributed by atoms with E-state index in [0.29, 0.717) is 16.1 Å². The fraction of sp³-hybridized carbons (Fsp3) is 0.571. The molecule has 1 aromatic rings. The number of pyridine rings is 1.